The Kier molecular flexibility index (Phi) is 8.49. The number of esters is 1. The smallest absolute Gasteiger partial charge is 0.306 e. The summed E-state index contributed by atoms with van der Waals surface area (Å²) in [6, 6.07) is 0. The summed E-state index contributed by atoms with van der Waals surface area (Å²) in [7, 11) is 0. The molecule has 34 heavy (non-hydrogen) atoms. The SMILES string of the molecule is CC1(C)CC(OC(=O)CCCCCCCCC2OOC23CC(C)(C)NC(C)(C)C3)CC(C)(C)N1. The molecule has 1 atom stereocenters. The van der Waals surface area contributed by atoms with Crippen molar-refractivity contribution < 1.29 is 19.3 Å². The van der Waals surface area contributed by atoms with E-state index in [2.05, 4.69) is 66.0 Å². The normalized spacial score (nSPS) is 28.9. The van der Waals surface area contributed by atoms with Crippen LogP contribution in [0, 0.1) is 0 Å². The molecule has 3 heterocycles. The highest BCUT2D eigenvalue weighted by Gasteiger charge is 2.59. The number of nitrogens with one attached hydrogen (secondary N) is 2. The number of carbonyl (C=O) groups is 1. The molecule has 3 rings (SSSR count). The van der Waals surface area contributed by atoms with Crippen molar-refractivity contribution in [2.45, 2.75) is 172 Å². The predicted molar refractivity (Wildman–Crippen MR) is 137 cm³/mol. The predicted octanol–water partition coefficient (Wildman–Crippen LogP) is 5.97. The second kappa shape index (κ2) is 10.4. The van der Waals surface area contributed by atoms with Crippen molar-refractivity contribution in [3.05, 3.63) is 0 Å². The van der Waals surface area contributed by atoms with Gasteiger partial charge in [0.2, 0.25) is 0 Å². The van der Waals surface area contributed by atoms with E-state index in [9.17, 15) is 4.79 Å². The summed E-state index contributed by atoms with van der Waals surface area (Å²) in [4.78, 5) is 23.7. The Morgan fingerprint density at radius 3 is 1.79 bits per heavy atom. The van der Waals surface area contributed by atoms with Crippen LogP contribution in [-0.2, 0) is 19.3 Å². The number of carbonyl (C=O) groups excluding carboxylic acids is 1. The van der Waals surface area contributed by atoms with Crippen molar-refractivity contribution in [1.29, 1.82) is 0 Å². The minimum absolute atomic E-state index is 0.00325. The van der Waals surface area contributed by atoms with Crippen LogP contribution in [0.25, 0.3) is 0 Å². The van der Waals surface area contributed by atoms with E-state index < -0.39 is 0 Å². The van der Waals surface area contributed by atoms with Crippen LogP contribution >= 0.6 is 0 Å². The van der Waals surface area contributed by atoms with E-state index in [4.69, 9.17) is 14.5 Å². The van der Waals surface area contributed by atoms with Gasteiger partial charge in [0, 0.05) is 41.4 Å². The third-order valence-corrected chi connectivity index (χ3v) is 7.62. The summed E-state index contributed by atoms with van der Waals surface area (Å²) < 4.78 is 5.83. The molecule has 1 spiro atoms. The quantitative estimate of drug-likeness (QED) is 0.228. The van der Waals surface area contributed by atoms with Crippen molar-refractivity contribution in [2.24, 2.45) is 0 Å². The highest BCUT2D eigenvalue weighted by Crippen LogP contribution is 2.48. The van der Waals surface area contributed by atoms with E-state index in [1.165, 1.54) is 25.7 Å². The lowest BCUT2D eigenvalue weighted by atomic mass is 9.69. The van der Waals surface area contributed by atoms with Gasteiger partial charge < -0.3 is 15.4 Å². The molecule has 198 valence electrons. The van der Waals surface area contributed by atoms with Crippen LogP contribution in [0.4, 0.5) is 0 Å². The average molecular weight is 481 g/mol. The topological polar surface area (TPSA) is 68.8 Å². The number of ether oxygens (including phenoxy) is 1. The Bertz CT molecular complexity index is 669. The van der Waals surface area contributed by atoms with E-state index in [-0.39, 0.29) is 45.9 Å². The fourth-order valence-electron chi connectivity index (χ4n) is 7.28. The minimum Gasteiger partial charge on any atom is -0.462 e. The maximum absolute atomic E-state index is 12.3. The van der Waals surface area contributed by atoms with Crippen molar-refractivity contribution in [3.63, 3.8) is 0 Å². The Morgan fingerprint density at radius 1 is 0.765 bits per heavy atom. The van der Waals surface area contributed by atoms with Gasteiger partial charge in [0.05, 0.1) is 0 Å². The highest BCUT2D eigenvalue weighted by atomic mass is 17.3. The molecular formula is C28H52N2O4. The maximum atomic E-state index is 12.3. The second-order valence-corrected chi connectivity index (χ2v) is 14.1. The lowest BCUT2D eigenvalue weighted by Gasteiger charge is -2.58. The summed E-state index contributed by atoms with van der Waals surface area (Å²) in [5.41, 5.74) is 0.000403. The Labute approximate surface area is 208 Å². The number of piperidine rings is 2. The van der Waals surface area contributed by atoms with E-state index in [0.29, 0.717) is 6.42 Å². The molecule has 0 aromatic heterocycles. The van der Waals surface area contributed by atoms with Crippen LogP contribution in [0.15, 0.2) is 0 Å². The maximum Gasteiger partial charge on any atom is 0.306 e. The van der Waals surface area contributed by atoms with Crippen molar-refractivity contribution in [3.8, 4) is 0 Å². The molecule has 2 N–H and O–H groups in total. The number of hydrogen-bond donors (Lipinski definition) is 2. The van der Waals surface area contributed by atoms with Gasteiger partial charge in [-0.1, -0.05) is 32.1 Å². The van der Waals surface area contributed by atoms with Gasteiger partial charge >= 0.3 is 5.97 Å². The number of hydrogen-bond acceptors (Lipinski definition) is 6. The molecule has 6 nitrogen and oxygen atoms in total. The molecule has 0 aromatic carbocycles. The summed E-state index contributed by atoms with van der Waals surface area (Å²) in [5, 5.41) is 7.38. The minimum atomic E-state index is -0.128. The van der Waals surface area contributed by atoms with Gasteiger partial charge in [0.15, 0.2) is 0 Å². The molecule has 0 amide bonds. The van der Waals surface area contributed by atoms with E-state index >= 15 is 0 Å². The van der Waals surface area contributed by atoms with Gasteiger partial charge in [-0.2, -0.15) is 0 Å². The Hall–Kier alpha value is -0.690. The molecule has 6 heteroatoms. The van der Waals surface area contributed by atoms with Crippen molar-refractivity contribution >= 4 is 5.97 Å². The van der Waals surface area contributed by atoms with Crippen LogP contribution in [0.3, 0.4) is 0 Å². The van der Waals surface area contributed by atoms with Gasteiger partial charge in [0.1, 0.15) is 17.8 Å². The molecule has 1 unspecified atom stereocenters. The summed E-state index contributed by atoms with van der Waals surface area (Å²) in [5.74, 6) is -0.0289. The van der Waals surface area contributed by atoms with E-state index in [1.54, 1.807) is 0 Å². The lowest BCUT2D eigenvalue weighted by Crippen LogP contribution is -2.71. The lowest BCUT2D eigenvalue weighted by molar-refractivity contribution is -0.521. The van der Waals surface area contributed by atoms with Gasteiger partial charge in [-0.25, -0.2) is 9.78 Å². The van der Waals surface area contributed by atoms with Crippen LogP contribution in [-0.4, -0.2) is 45.9 Å². The molecule has 3 saturated heterocycles. The number of unbranched alkanes of at least 4 members (excludes halogenated alkanes) is 5. The average Bonchev–Trinajstić information content (AvgIpc) is 2.60. The first-order valence-corrected chi connectivity index (χ1v) is 13.7. The largest absolute Gasteiger partial charge is 0.462 e. The molecule has 3 aliphatic heterocycles. The van der Waals surface area contributed by atoms with Crippen molar-refractivity contribution in [2.75, 3.05) is 0 Å². The summed E-state index contributed by atoms with van der Waals surface area (Å²) in [6.45, 7) is 17.8. The van der Waals surface area contributed by atoms with Gasteiger partial charge in [0.25, 0.3) is 0 Å². The molecule has 0 aromatic rings. The van der Waals surface area contributed by atoms with Crippen LogP contribution in [0.2, 0.25) is 0 Å². The fourth-order valence-corrected chi connectivity index (χ4v) is 7.28. The molecular weight excluding hydrogens is 428 g/mol. The molecule has 0 radical (unpaired) electrons. The monoisotopic (exact) mass is 480 g/mol. The van der Waals surface area contributed by atoms with Crippen LogP contribution < -0.4 is 10.6 Å². The van der Waals surface area contributed by atoms with E-state index in [1.807, 2.05) is 0 Å². The third kappa shape index (κ3) is 7.91. The Balaban J connectivity index is 1.25. The van der Waals surface area contributed by atoms with Crippen LogP contribution in [0.5, 0.6) is 0 Å². The fraction of sp³-hybridized carbons (Fsp3) is 0.964. The van der Waals surface area contributed by atoms with Gasteiger partial charge in [-0.05, 0) is 81.1 Å². The first kappa shape index (κ1) is 27.9. The second-order valence-electron chi connectivity index (χ2n) is 14.1. The molecule has 0 saturated carbocycles. The number of rotatable bonds is 10. The van der Waals surface area contributed by atoms with E-state index in [0.717, 1.165) is 44.9 Å². The first-order chi connectivity index (χ1) is 15.6. The summed E-state index contributed by atoms with van der Waals surface area (Å²) >= 11 is 0. The zero-order valence-electron chi connectivity index (χ0n) is 23.3. The molecule has 0 bridgehead atoms. The third-order valence-electron chi connectivity index (χ3n) is 7.62. The zero-order valence-corrected chi connectivity index (χ0v) is 23.3. The highest BCUT2D eigenvalue weighted by molar-refractivity contribution is 5.69. The van der Waals surface area contributed by atoms with Crippen molar-refractivity contribution in [1.82, 2.24) is 10.6 Å². The molecule has 0 aliphatic carbocycles. The van der Waals surface area contributed by atoms with Gasteiger partial charge in [-0.15, -0.1) is 0 Å². The summed E-state index contributed by atoms with van der Waals surface area (Å²) in [6.07, 6.45) is 12.4. The zero-order chi connectivity index (χ0) is 25.3. The molecule has 3 aliphatic rings. The molecule has 3 fully saturated rings. The first-order valence-electron chi connectivity index (χ1n) is 13.7. The standard InChI is InChI=1S/C28H52N2O4/c1-24(2)17-21(18-25(3,4)29-24)32-23(31)16-14-12-10-9-11-13-15-22-28(34-33-22)19-26(5,6)30-27(7,8)20-28/h21-22,29-30H,9-20H2,1-8H3. The van der Waals surface area contributed by atoms with Crippen LogP contribution in [0.1, 0.15) is 132 Å². The van der Waals surface area contributed by atoms with Gasteiger partial charge in [-0.3, -0.25) is 4.79 Å². The Morgan fingerprint density at radius 2 is 1.26 bits per heavy atom.